The Morgan fingerprint density at radius 2 is 2.07 bits per heavy atom. The van der Waals surface area contributed by atoms with Gasteiger partial charge in [-0.25, -0.2) is 9.18 Å². The molecule has 0 aliphatic rings. The number of aliphatic hydroxyl groups is 1. The van der Waals surface area contributed by atoms with E-state index in [-0.39, 0.29) is 5.69 Å². The summed E-state index contributed by atoms with van der Waals surface area (Å²) in [5, 5.41) is 17.5. The van der Waals surface area contributed by atoms with E-state index in [0.717, 1.165) is 0 Å². The third kappa shape index (κ3) is 2.57. The van der Waals surface area contributed by atoms with Gasteiger partial charge in [0.2, 0.25) is 6.17 Å². The molecule has 5 nitrogen and oxygen atoms in total. The van der Waals surface area contributed by atoms with Gasteiger partial charge in [-0.3, -0.25) is 9.78 Å². The van der Waals surface area contributed by atoms with Crippen molar-refractivity contribution < 1.29 is 24.2 Å². The number of halogens is 1. The molecule has 0 spiro atoms. The Kier molecular flexibility index (Phi) is 3.46. The van der Waals surface area contributed by atoms with E-state index in [2.05, 4.69) is 4.98 Å². The number of ketones is 1. The SMILES string of the molecule is O=C(O)C(=O)C(F)[C@H](O)c1ccccn1. The number of carboxylic acids is 1. The van der Waals surface area contributed by atoms with Crippen molar-refractivity contribution in [3.63, 3.8) is 0 Å². The highest BCUT2D eigenvalue weighted by atomic mass is 19.1. The van der Waals surface area contributed by atoms with Gasteiger partial charge in [0.15, 0.2) is 0 Å². The monoisotopic (exact) mass is 213 g/mol. The second-order valence-corrected chi connectivity index (χ2v) is 2.77. The molecule has 1 rings (SSSR count). The number of rotatable bonds is 4. The molecular weight excluding hydrogens is 205 g/mol. The number of aliphatic carboxylic acids is 1. The maximum atomic E-state index is 13.1. The minimum Gasteiger partial charge on any atom is -0.475 e. The molecule has 0 radical (unpaired) electrons. The van der Waals surface area contributed by atoms with Crippen LogP contribution < -0.4 is 0 Å². The van der Waals surface area contributed by atoms with E-state index < -0.39 is 24.0 Å². The lowest BCUT2D eigenvalue weighted by Gasteiger charge is -2.11. The first-order chi connectivity index (χ1) is 7.04. The van der Waals surface area contributed by atoms with Crippen molar-refractivity contribution in [1.29, 1.82) is 0 Å². The molecule has 0 fully saturated rings. The van der Waals surface area contributed by atoms with Crippen LogP contribution in [0.5, 0.6) is 0 Å². The number of aromatic nitrogens is 1. The predicted molar refractivity (Wildman–Crippen MR) is 46.7 cm³/mol. The van der Waals surface area contributed by atoms with Crippen LogP contribution in [0, 0.1) is 0 Å². The fourth-order valence-electron chi connectivity index (χ4n) is 0.962. The fraction of sp³-hybridized carbons (Fsp3) is 0.222. The first-order valence-corrected chi connectivity index (χ1v) is 4.04. The van der Waals surface area contributed by atoms with E-state index in [1.54, 1.807) is 6.07 Å². The second kappa shape index (κ2) is 4.61. The van der Waals surface area contributed by atoms with Crippen molar-refractivity contribution in [2.24, 2.45) is 0 Å². The summed E-state index contributed by atoms with van der Waals surface area (Å²) in [7, 11) is 0. The number of pyridine rings is 1. The number of nitrogens with zero attached hydrogens (tertiary/aromatic N) is 1. The largest absolute Gasteiger partial charge is 0.475 e. The number of carboxylic acid groups (broad SMARTS) is 1. The molecule has 0 aliphatic heterocycles. The van der Waals surface area contributed by atoms with Crippen LogP contribution in [0.15, 0.2) is 24.4 Å². The summed E-state index contributed by atoms with van der Waals surface area (Å²) in [5.74, 6) is -3.61. The third-order valence-corrected chi connectivity index (χ3v) is 1.73. The molecule has 0 aromatic carbocycles. The standard InChI is InChI=1S/C9H8FNO4/c10-6(8(13)9(14)15)7(12)5-3-1-2-4-11-5/h1-4,6-7,12H,(H,14,15)/t6?,7-/m1/s1. The lowest BCUT2D eigenvalue weighted by molar-refractivity contribution is -0.153. The van der Waals surface area contributed by atoms with Gasteiger partial charge in [0, 0.05) is 6.20 Å². The quantitative estimate of drug-likeness (QED) is 0.693. The molecule has 0 aliphatic carbocycles. The molecule has 1 aromatic heterocycles. The summed E-state index contributed by atoms with van der Waals surface area (Å²) in [4.78, 5) is 24.5. The highest BCUT2D eigenvalue weighted by Gasteiger charge is 2.32. The first kappa shape index (κ1) is 11.3. The van der Waals surface area contributed by atoms with Gasteiger partial charge >= 0.3 is 5.97 Å². The summed E-state index contributed by atoms with van der Waals surface area (Å²) in [6.07, 6.45) is -3.05. The van der Waals surface area contributed by atoms with Crippen molar-refractivity contribution in [3.05, 3.63) is 30.1 Å². The van der Waals surface area contributed by atoms with Crippen molar-refractivity contribution >= 4 is 11.8 Å². The summed E-state index contributed by atoms with van der Waals surface area (Å²) >= 11 is 0. The van der Waals surface area contributed by atoms with Crippen LogP contribution in [0.3, 0.4) is 0 Å². The highest BCUT2D eigenvalue weighted by molar-refractivity contribution is 6.34. The van der Waals surface area contributed by atoms with Crippen LogP contribution in [0.25, 0.3) is 0 Å². The van der Waals surface area contributed by atoms with E-state index in [9.17, 15) is 19.1 Å². The van der Waals surface area contributed by atoms with Crippen LogP contribution >= 0.6 is 0 Å². The molecule has 0 amide bonds. The van der Waals surface area contributed by atoms with E-state index in [1.807, 2.05) is 0 Å². The second-order valence-electron chi connectivity index (χ2n) is 2.77. The molecular formula is C9H8FNO4. The number of hydrogen-bond donors (Lipinski definition) is 2. The number of aliphatic hydroxyl groups excluding tert-OH is 1. The Bertz CT molecular complexity index is 368. The summed E-state index contributed by atoms with van der Waals surface area (Å²) in [5.41, 5.74) is -0.0837. The topological polar surface area (TPSA) is 87.5 Å². The van der Waals surface area contributed by atoms with Crippen LogP contribution in [0.2, 0.25) is 0 Å². The van der Waals surface area contributed by atoms with Gasteiger partial charge in [0.25, 0.3) is 5.78 Å². The molecule has 6 heteroatoms. The van der Waals surface area contributed by atoms with Gasteiger partial charge in [-0.2, -0.15) is 0 Å². The molecule has 0 saturated heterocycles. The maximum Gasteiger partial charge on any atom is 0.375 e. The molecule has 0 saturated carbocycles. The average Bonchev–Trinajstić information content (AvgIpc) is 2.27. The van der Waals surface area contributed by atoms with Crippen LogP contribution in [0.4, 0.5) is 4.39 Å². The Labute approximate surface area is 84.2 Å². The number of carbonyl (C=O) groups is 2. The zero-order chi connectivity index (χ0) is 11.4. The van der Waals surface area contributed by atoms with Gasteiger partial charge in [-0.1, -0.05) is 6.07 Å². The molecule has 0 bridgehead atoms. The molecule has 2 N–H and O–H groups in total. The molecule has 15 heavy (non-hydrogen) atoms. The van der Waals surface area contributed by atoms with E-state index in [4.69, 9.17) is 5.11 Å². The Morgan fingerprint density at radius 3 is 2.53 bits per heavy atom. The zero-order valence-corrected chi connectivity index (χ0v) is 7.50. The van der Waals surface area contributed by atoms with Gasteiger partial charge in [0.05, 0.1) is 5.69 Å². The fourth-order valence-corrected chi connectivity index (χ4v) is 0.962. The minimum absolute atomic E-state index is 0.0837. The maximum absolute atomic E-state index is 13.1. The van der Waals surface area contributed by atoms with E-state index >= 15 is 0 Å². The highest BCUT2D eigenvalue weighted by Crippen LogP contribution is 2.17. The predicted octanol–water partition coefficient (Wildman–Crippen LogP) is 0.107. The van der Waals surface area contributed by atoms with Gasteiger partial charge in [-0.05, 0) is 12.1 Å². The van der Waals surface area contributed by atoms with Gasteiger partial charge in [0.1, 0.15) is 6.10 Å². The molecule has 2 atom stereocenters. The minimum atomic E-state index is -2.50. The van der Waals surface area contributed by atoms with Crippen LogP contribution in [-0.2, 0) is 9.59 Å². The number of Topliss-reactive ketones (excluding diaryl/α,β-unsaturated/α-hetero) is 1. The first-order valence-electron chi connectivity index (χ1n) is 4.04. The normalized spacial score (nSPS) is 14.3. The Hall–Kier alpha value is -1.82. The lowest BCUT2D eigenvalue weighted by atomic mass is 10.1. The van der Waals surface area contributed by atoms with E-state index in [1.165, 1.54) is 18.3 Å². The molecule has 80 valence electrons. The summed E-state index contributed by atoms with van der Waals surface area (Å²) in [6, 6.07) is 4.33. The third-order valence-electron chi connectivity index (χ3n) is 1.73. The molecule has 1 heterocycles. The zero-order valence-electron chi connectivity index (χ0n) is 7.50. The van der Waals surface area contributed by atoms with E-state index in [0.29, 0.717) is 0 Å². The van der Waals surface area contributed by atoms with Crippen molar-refractivity contribution in [1.82, 2.24) is 4.98 Å². The van der Waals surface area contributed by atoms with Gasteiger partial charge < -0.3 is 10.2 Å². The van der Waals surface area contributed by atoms with Crippen molar-refractivity contribution in [2.45, 2.75) is 12.3 Å². The molecule has 1 unspecified atom stereocenters. The smallest absolute Gasteiger partial charge is 0.375 e. The van der Waals surface area contributed by atoms with Crippen molar-refractivity contribution in [3.8, 4) is 0 Å². The Balaban J connectivity index is 2.82. The number of hydrogen-bond acceptors (Lipinski definition) is 4. The van der Waals surface area contributed by atoms with Gasteiger partial charge in [-0.15, -0.1) is 0 Å². The summed E-state index contributed by atoms with van der Waals surface area (Å²) in [6.45, 7) is 0. The molecule has 1 aromatic rings. The van der Waals surface area contributed by atoms with Crippen LogP contribution in [0.1, 0.15) is 11.8 Å². The lowest BCUT2D eigenvalue weighted by Crippen LogP contribution is -2.30. The number of alkyl halides is 1. The number of carbonyl (C=O) groups excluding carboxylic acids is 1. The Morgan fingerprint density at radius 1 is 1.40 bits per heavy atom. The van der Waals surface area contributed by atoms with Crippen molar-refractivity contribution in [2.75, 3.05) is 0 Å². The van der Waals surface area contributed by atoms with Crippen LogP contribution in [-0.4, -0.2) is 33.1 Å². The average molecular weight is 213 g/mol. The summed E-state index contributed by atoms with van der Waals surface area (Å²) < 4.78 is 13.1.